The number of nitrogens with zero attached hydrogens (tertiary/aromatic N) is 1. The Hall–Kier alpha value is -2.35. The van der Waals surface area contributed by atoms with Gasteiger partial charge in [-0.15, -0.1) is 0 Å². The van der Waals surface area contributed by atoms with E-state index in [1.807, 2.05) is 12.2 Å². The largest absolute Gasteiger partial charge is 0.341 e. The van der Waals surface area contributed by atoms with Crippen LogP contribution in [-0.2, 0) is 11.8 Å². The van der Waals surface area contributed by atoms with Crippen LogP contribution < -0.4 is 5.32 Å². The van der Waals surface area contributed by atoms with Crippen molar-refractivity contribution >= 4 is 5.84 Å². The van der Waals surface area contributed by atoms with Crippen LogP contribution in [0.5, 0.6) is 0 Å². The van der Waals surface area contributed by atoms with E-state index in [2.05, 4.69) is 74.1 Å². The molecule has 0 aliphatic heterocycles. The molecule has 1 aliphatic rings. The van der Waals surface area contributed by atoms with Gasteiger partial charge in [-0.05, 0) is 36.1 Å². The maximum Gasteiger partial charge on any atom is 0.124 e. The fourth-order valence-corrected chi connectivity index (χ4v) is 3.15. The highest BCUT2D eigenvalue weighted by molar-refractivity contribution is 5.94. The molecule has 0 fully saturated rings. The Morgan fingerprint density at radius 3 is 2.71 bits per heavy atom. The topological polar surface area (TPSA) is 24.4 Å². The Kier molecular flexibility index (Phi) is 5.97. The first kappa shape index (κ1) is 18.0. The van der Waals surface area contributed by atoms with Crippen LogP contribution in [0.1, 0.15) is 38.3 Å². The standard InChI is InChI=1S/C22H28N2/c1-6-8-14-21(23-5)24-19(11-7-2)16-18-15-17-12-9-10-13-20(17)22(18,3)4/h6,8-14,16H,1,7,15H2,2-5H3,(H,23,24)/b14-8-,18-16+,19-11+. The fourth-order valence-electron chi connectivity index (χ4n) is 3.15. The van der Waals surface area contributed by atoms with Crippen molar-refractivity contribution in [2.24, 2.45) is 4.99 Å². The van der Waals surface area contributed by atoms with E-state index in [9.17, 15) is 0 Å². The minimum Gasteiger partial charge on any atom is -0.341 e. The van der Waals surface area contributed by atoms with E-state index in [-0.39, 0.29) is 5.41 Å². The lowest BCUT2D eigenvalue weighted by molar-refractivity contribution is 0.642. The maximum atomic E-state index is 4.30. The van der Waals surface area contributed by atoms with Gasteiger partial charge in [0.05, 0.1) is 0 Å². The van der Waals surface area contributed by atoms with Crippen LogP contribution in [0.3, 0.4) is 0 Å². The molecule has 0 amide bonds. The van der Waals surface area contributed by atoms with Crippen LogP contribution in [0.15, 0.2) is 77.5 Å². The molecule has 2 rings (SSSR count). The van der Waals surface area contributed by atoms with Crippen LogP contribution >= 0.6 is 0 Å². The average Bonchev–Trinajstić information content (AvgIpc) is 2.82. The molecule has 0 atom stereocenters. The summed E-state index contributed by atoms with van der Waals surface area (Å²) in [6.07, 6.45) is 12.1. The highest BCUT2D eigenvalue weighted by atomic mass is 15.0. The van der Waals surface area contributed by atoms with Gasteiger partial charge in [-0.25, -0.2) is 0 Å². The quantitative estimate of drug-likeness (QED) is 0.455. The van der Waals surface area contributed by atoms with Gasteiger partial charge in [0.1, 0.15) is 5.84 Å². The molecule has 0 bridgehead atoms. The van der Waals surface area contributed by atoms with Gasteiger partial charge in [0.25, 0.3) is 0 Å². The van der Waals surface area contributed by atoms with E-state index in [0.717, 1.165) is 24.4 Å². The smallest absolute Gasteiger partial charge is 0.124 e. The Morgan fingerprint density at radius 2 is 2.08 bits per heavy atom. The number of nitrogens with one attached hydrogen (secondary N) is 1. The predicted octanol–water partition coefficient (Wildman–Crippen LogP) is 5.10. The summed E-state index contributed by atoms with van der Waals surface area (Å²) in [4.78, 5) is 4.30. The van der Waals surface area contributed by atoms with Gasteiger partial charge in [-0.2, -0.15) is 0 Å². The summed E-state index contributed by atoms with van der Waals surface area (Å²) in [5, 5.41) is 3.43. The molecule has 0 aromatic heterocycles. The molecule has 2 nitrogen and oxygen atoms in total. The van der Waals surface area contributed by atoms with Crippen molar-refractivity contribution in [1.29, 1.82) is 0 Å². The lowest BCUT2D eigenvalue weighted by Crippen LogP contribution is -2.22. The van der Waals surface area contributed by atoms with E-state index < -0.39 is 0 Å². The summed E-state index contributed by atoms with van der Waals surface area (Å²) in [7, 11) is 1.79. The van der Waals surface area contributed by atoms with Gasteiger partial charge in [0.15, 0.2) is 0 Å². The maximum absolute atomic E-state index is 4.30. The Balaban J connectivity index is 2.31. The Morgan fingerprint density at radius 1 is 1.33 bits per heavy atom. The predicted molar refractivity (Wildman–Crippen MR) is 105 cm³/mol. The van der Waals surface area contributed by atoms with Crippen LogP contribution in [0.25, 0.3) is 0 Å². The van der Waals surface area contributed by atoms with Crippen LogP contribution in [0.2, 0.25) is 0 Å². The summed E-state index contributed by atoms with van der Waals surface area (Å²) in [5.74, 6) is 0.833. The summed E-state index contributed by atoms with van der Waals surface area (Å²) in [5.41, 5.74) is 5.45. The second-order valence-corrected chi connectivity index (χ2v) is 6.52. The molecule has 126 valence electrons. The molecule has 1 aromatic carbocycles. The molecule has 0 unspecified atom stereocenters. The van der Waals surface area contributed by atoms with Crippen molar-refractivity contribution in [2.75, 3.05) is 7.05 Å². The van der Waals surface area contributed by atoms with Crippen molar-refractivity contribution in [1.82, 2.24) is 5.32 Å². The molecule has 2 heteroatoms. The third-order valence-corrected chi connectivity index (χ3v) is 4.53. The van der Waals surface area contributed by atoms with Gasteiger partial charge in [-0.1, -0.05) is 75.4 Å². The first-order valence-corrected chi connectivity index (χ1v) is 8.55. The molecule has 0 spiro atoms. The van der Waals surface area contributed by atoms with Crippen molar-refractivity contribution in [3.63, 3.8) is 0 Å². The molecule has 0 radical (unpaired) electrons. The van der Waals surface area contributed by atoms with E-state index in [4.69, 9.17) is 0 Å². The zero-order valence-corrected chi connectivity index (χ0v) is 15.3. The number of hydrogen-bond donors (Lipinski definition) is 1. The third-order valence-electron chi connectivity index (χ3n) is 4.53. The number of rotatable bonds is 5. The summed E-state index contributed by atoms with van der Waals surface area (Å²) >= 11 is 0. The van der Waals surface area contributed by atoms with E-state index >= 15 is 0 Å². The van der Waals surface area contributed by atoms with E-state index in [0.29, 0.717) is 0 Å². The average molecular weight is 320 g/mol. The highest BCUT2D eigenvalue weighted by Gasteiger charge is 2.34. The second kappa shape index (κ2) is 7.96. The van der Waals surface area contributed by atoms with E-state index in [1.165, 1.54) is 16.7 Å². The minimum absolute atomic E-state index is 0.0611. The highest BCUT2D eigenvalue weighted by Crippen LogP contribution is 2.42. The van der Waals surface area contributed by atoms with Gasteiger partial charge in [-0.3, -0.25) is 4.99 Å². The molecule has 1 aromatic rings. The van der Waals surface area contributed by atoms with Crippen LogP contribution in [-0.4, -0.2) is 12.9 Å². The summed E-state index contributed by atoms with van der Waals surface area (Å²) in [6, 6.07) is 8.74. The normalized spacial score (nSPS) is 18.9. The fraction of sp³-hybridized carbons (Fsp3) is 0.318. The molecule has 1 aliphatic carbocycles. The number of hydrogen-bond acceptors (Lipinski definition) is 1. The number of amidine groups is 1. The first-order valence-electron chi connectivity index (χ1n) is 8.55. The summed E-state index contributed by atoms with van der Waals surface area (Å²) in [6.45, 7) is 10.5. The molecular formula is C22H28N2. The van der Waals surface area contributed by atoms with Crippen LogP contribution in [0, 0.1) is 0 Å². The first-order chi connectivity index (χ1) is 11.5. The third kappa shape index (κ3) is 3.94. The SMILES string of the molecule is C=C/C=C\C(=NC)NC(=C/CC)/C=C1\Cc2ccccc2C1(C)C. The van der Waals surface area contributed by atoms with Gasteiger partial charge < -0.3 is 5.32 Å². The number of benzene rings is 1. The molecular weight excluding hydrogens is 292 g/mol. The zero-order chi connectivity index (χ0) is 17.6. The van der Waals surface area contributed by atoms with Gasteiger partial charge in [0.2, 0.25) is 0 Å². The molecule has 0 saturated heterocycles. The van der Waals surface area contributed by atoms with Crippen molar-refractivity contribution in [3.05, 3.63) is 83.6 Å². The second-order valence-electron chi connectivity index (χ2n) is 6.52. The number of fused-ring (bicyclic) bond motifs is 1. The van der Waals surface area contributed by atoms with Crippen LogP contribution in [0.4, 0.5) is 0 Å². The van der Waals surface area contributed by atoms with Crippen molar-refractivity contribution < 1.29 is 0 Å². The lowest BCUT2D eigenvalue weighted by Gasteiger charge is -2.22. The van der Waals surface area contributed by atoms with Gasteiger partial charge in [0, 0.05) is 18.2 Å². The number of allylic oxidation sites excluding steroid dienone is 5. The van der Waals surface area contributed by atoms with E-state index in [1.54, 1.807) is 13.1 Å². The monoisotopic (exact) mass is 320 g/mol. The minimum atomic E-state index is 0.0611. The number of aliphatic imine (C=N–C) groups is 1. The Bertz CT molecular complexity index is 715. The van der Waals surface area contributed by atoms with Crippen molar-refractivity contribution in [3.8, 4) is 0 Å². The van der Waals surface area contributed by atoms with Gasteiger partial charge >= 0.3 is 0 Å². The molecule has 0 heterocycles. The molecule has 1 N–H and O–H groups in total. The molecule has 24 heavy (non-hydrogen) atoms. The summed E-state index contributed by atoms with van der Waals surface area (Å²) < 4.78 is 0. The van der Waals surface area contributed by atoms with Crippen molar-refractivity contribution in [2.45, 2.75) is 39.0 Å². The lowest BCUT2D eigenvalue weighted by atomic mass is 9.82. The molecule has 0 saturated carbocycles. The zero-order valence-electron chi connectivity index (χ0n) is 15.3. The Labute approximate surface area is 146 Å².